The molecule has 1 N–H and O–H groups in total. The molecule has 0 spiro atoms. The van der Waals surface area contributed by atoms with Crippen LogP contribution in [0.15, 0.2) is 24.3 Å². The van der Waals surface area contributed by atoms with E-state index in [1.165, 1.54) is 6.42 Å². The zero-order valence-electron chi connectivity index (χ0n) is 13.2. The molecule has 1 aliphatic carbocycles. The van der Waals surface area contributed by atoms with E-state index in [-0.39, 0.29) is 16.9 Å². The van der Waals surface area contributed by atoms with Crippen molar-refractivity contribution < 1.29 is 13.7 Å². The van der Waals surface area contributed by atoms with Crippen LogP contribution in [0.3, 0.4) is 0 Å². The van der Waals surface area contributed by atoms with Gasteiger partial charge in [-0.15, -0.1) is 0 Å². The first-order valence-electron chi connectivity index (χ1n) is 7.90. The van der Waals surface area contributed by atoms with Gasteiger partial charge in [0.05, 0.1) is 6.61 Å². The number of carbonyl (C=O) groups is 1. The first-order chi connectivity index (χ1) is 10.7. The van der Waals surface area contributed by atoms with Gasteiger partial charge in [-0.25, -0.2) is 0 Å². The molecule has 1 aliphatic rings. The van der Waals surface area contributed by atoms with Crippen LogP contribution in [0, 0.1) is 0 Å². The SMILES string of the molecule is COCc1ccccc1CNC(=O)CS(=O)C1CCCCC1. The summed E-state index contributed by atoms with van der Waals surface area (Å²) in [6.07, 6.45) is 5.51. The Hall–Kier alpha value is -1.20. The van der Waals surface area contributed by atoms with Crippen LogP contribution in [0.5, 0.6) is 0 Å². The first kappa shape index (κ1) is 17.2. The Morgan fingerprint density at radius 3 is 2.59 bits per heavy atom. The van der Waals surface area contributed by atoms with Crippen LogP contribution in [-0.4, -0.2) is 28.2 Å². The highest BCUT2D eigenvalue weighted by molar-refractivity contribution is 7.86. The molecule has 0 bridgehead atoms. The molecule has 1 aromatic rings. The maximum Gasteiger partial charge on any atom is 0.232 e. The van der Waals surface area contributed by atoms with Gasteiger partial charge < -0.3 is 10.1 Å². The second kappa shape index (κ2) is 9.06. The average molecular weight is 323 g/mol. The van der Waals surface area contributed by atoms with E-state index in [0.29, 0.717) is 13.2 Å². The highest BCUT2D eigenvalue weighted by atomic mass is 32.2. The maximum atomic E-state index is 12.2. The highest BCUT2D eigenvalue weighted by Gasteiger charge is 2.21. The Kier molecular flexibility index (Phi) is 7.06. The van der Waals surface area contributed by atoms with Crippen LogP contribution >= 0.6 is 0 Å². The molecule has 0 heterocycles. The van der Waals surface area contributed by atoms with Crippen molar-refractivity contribution in [3.05, 3.63) is 35.4 Å². The molecule has 1 atom stereocenters. The highest BCUT2D eigenvalue weighted by Crippen LogP contribution is 2.22. The van der Waals surface area contributed by atoms with Crippen LogP contribution < -0.4 is 5.32 Å². The van der Waals surface area contributed by atoms with E-state index in [2.05, 4.69) is 5.32 Å². The molecule has 2 rings (SSSR count). The molecule has 4 nitrogen and oxygen atoms in total. The molecule has 122 valence electrons. The number of carbonyl (C=O) groups excluding carboxylic acids is 1. The zero-order valence-corrected chi connectivity index (χ0v) is 14.0. The summed E-state index contributed by atoms with van der Waals surface area (Å²) in [5.74, 6) is -0.00645. The summed E-state index contributed by atoms with van der Waals surface area (Å²) < 4.78 is 17.4. The van der Waals surface area contributed by atoms with Gasteiger partial charge in [-0.1, -0.05) is 43.5 Å². The lowest BCUT2D eigenvalue weighted by molar-refractivity contribution is -0.118. The molecule has 1 amide bonds. The molecular formula is C17H25NO3S. The molecule has 1 saturated carbocycles. The summed E-state index contributed by atoms with van der Waals surface area (Å²) in [5.41, 5.74) is 2.11. The van der Waals surface area contributed by atoms with Crippen molar-refractivity contribution >= 4 is 16.7 Å². The minimum Gasteiger partial charge on any atom is -0.380 e. The molecule has 0 aromatic heterocycles. The Morgan fingerprint density at radius 2 is 1.91 bits per heavy atom. The van der Waals surface area contributed by atoms with E-state index in [0.717, 1.165) is 36.8 Å². The second-order valence-electron chi connectivity index (χ2n) is 5.76. The molecule has 0 saturated heterocycles. The smallest absolute Gasteiger partial charge is 0.232 e. The van der Waals surface area contributed by atoms with Crippen LogP contribution in [-0.2, 0) is 33.5 Å². The standard InChI is InChI=1S/C17H25NO3S/c1-21-12-15-8-6-5-7-14(15)11-18-17(19)13-22(20)16-9-3-2-4-10-16/h5-8,16H,2-4,9-13H2,1H3,(H,18,19). The molecule has 5 heteroatoms. The molecular weight excluding hydrogens is 298 g/mol. The lowest BCUT2D eigenvalue weighted by Gasteiger charge is -2.20. The number of amides is 1. The van der Waals surface area contributed by atoms with Crippen molar-refractivity contribution in [1.29, 1.82) is 0 Å². The number of nitrogens with one attached hydrogen (secondary N) is 1. The van der Waals surface area contributed by atoms with Gasteiger partial charge in [0.15, 0.2) is 0 Å². The van der Waals surface area contributed by atoms with Gasteiger partial charge in [-0.3, -0.25) is 9.00 Å². The number of benzene rings is 1. The molecule has 0 radical (unpaired) electrons. The summed E-state index contributed by atoms with van der Waals surface area (Å²) in [5, 5.41) is 3.09. The monoisotopic (exact) mass is 323 g/mol. The van der Waals surface area contributed by atoms with E-state index < -0.39 is 10.8 Å². The fraction of sp³-hybridized carbons (Fsp3) is 0.588. The van der Waals surface area contributed by atoms with Crippen molar-refractivity contribution in [2.75, 3.05) is 12.9 Å². The minimum absolute atomic E-state index is 0.122. The van der Waals surface area contributed by atoms with E-state index in [9.17, 15) is 9.00 Å². The fourth-order valence-corrected chi connectivity index (χ4v) is 4.30. The topological polar surface area (TPSA) is 55.4 Å². The van der Waals surface area contributed by atoms with Crippen LogP contribution in [0.25, 0.3) is 0 Å². The first-order valence-corrected chi connectivity index (χ1v) is 9.28. The summed E-state index contributed by atoms with van der Waals surface area (Å²) in [7, 11) is 0.616. The van der Waals surface area contributed by atoms with Crippen molar-refractivity contribution in [3.63, 3.8) is 0 Å². The van der Waals surface area contributed by atoms with Crippen molar-refractivity contribution in [3.8, 4) is 0 Å². The molecule has 1 aromatic carbocycles. The number of ether oxygens (including phenoxy) is 1. The Labute approximate surface area is 135 Å². The van der Waals surface area contributed by atoms with Crippen molar-refractivity contribution in [2.45, 2.75) is 50.5 Å². The normalized spacial score (nSPS) is 17.1. The zero-order chi connectivity index (χ0) is 15.8. The quantitative estimate of drug-likeness (QED) is 0.839. The number of hydrogen-bond donors (Lipinski definition) is 1. The third-order valence-electron chi connectivity index (χ3n) is 4.09. The predicted octanol–water partition coefficient (Wildman–Crippen LogP) is 2.53. The van der Waals surface area contributed by atoms with Gasteiger partial charge in [-0.2, -0.15) is 0 Å². The minimum atomic E-state index is -1.04. The van der Waals surface area contributed by atoms with Crippen molar-refractivity contribution in [2.24, 2.45) is 0 Å². The number of methoxy groups -OCH3 is 1. The van der Waals surface area contributed by atoms with Gasteiger partial charge in [0.1, 0.15) is 5.75 Å². The summed E-state index contributed by atoms with van der Waals surface area (Å²) >= 11 is 0. The Balaban J connectivity index is 1.81. The van der Waals surface area contributed by atoms with Gasteiger partial charge in [0, 0.05) is 29.7 Å². The Bertz CT molecular complexity index is 512. The predicted molar refractivity (Wildman–Crippen MR) is 88.9 cm³/mol. The third-order valence-corrected chi connectivity index (χ3v) is 5.85. The van der Waals surface area contributed by atoms with Crippen molar-refractivity contribution in [1.82, 2.24) is 5.32 Å². The number of rotatable bonds is 7. The van der Waals surface area contributed by atoms with Crippen LogP contribution in [0.1, 0.15) is 43.2 Å². The number of hydrogen-bond acceptors (Lipinski definition) is 3. The van der Waals surface area contributed by atoms with Gasteiger partial charge >= 0.3 is 0 Å². The molecule has 22 heavy (non-hydrogen) atoms. The summed E-state index contributed by atoms with van der Waals surface area (Å²) in [4.78, 5) is 12.0. The van der Waals surface area contributed by atoms with Crippen LogP contribution in [0.2, 0.25) is 0 Å². The van der Waals surface area contributed by atoms with E-state index in [4.69, 9.17) is 4.74 Å². The third kappa shape index (κ3) is 5.21. The summed E-state index contributed by atoms with van der Waals surface area (Å²) in [6, 6.07) is 7.87. The molecule has 1 fully saturated rings. The molecule has 1 unspecified atom stereocenters. The average Bonchev–Trinajstić information content (AvgIpc) is 2.55. The van der Waals surface area contributed by atoms with Crippen LogP contribution in [0.4, 0.5) is 0 Å². The lowest BCUT2D eigenvalue weighted by atomic mass is 10.0. The van der Waals surface area contributed by atoms with E-state index in [1.54, 1.807) is 7.11 Å². The largest absolute Gasteiger partial charge is 0.380 e. The maximum absolute atomic E-state index is 12.2. The fourth-order valence-electron chi connectivity index (χ4n) is 2.85. The second-order valence-corrected chi connectivity index (χ2v) is 7.48. The summed E-state index contributed by atoms with van der Waals surface area (Å²) in [6.45, 7) is 0.986. The Morgan fingerprint density at radius 1 is 1.23 bits per heavy atom. The lowest BCUT2D eigenvalue weighted by Crippen LogP contribution is -2.32. The van der Waals surface area contributed by atoms with E-state index in [1.807, 2.05) is 24.3 Å². The van der Waals surface area contributed by atoms with Gasteiger partial charge in [0.25, 0.3) is 0 Å². The molecule has 0 aliphatic heterocycles. The van der Waals surface area contributed by atoms with Gasteiger partial charge in [0.2, 0.25) is 5.91 Å². The van der Waals surface area contributed by atoms with E-state index >= 15 is 0 Å². The van der Waals surface area contributed by atoms with Gasteiger partial charge in [-0.05, 0) is 24.0 Å².